The SMILES string of the molecule is N[C@@H](C[C@H](O)c1ccc(Cl)cc1)C(F)(F)F. The van der Waals surface area contributed by atoms with Crippen molar-refractivity contribution in [3.63, 3.8) is 0 Å². The van der Waals surface area contributed by atoms with Gasteiger partial charge in [0.15, 0.2) is 0 Å². The van der Waals surface area contributed by atoms with Gasteiger partial charge < -0.3 is 10.8 Å². The van der Waals surface area contributed by atoms with Crippen LogP contribution in [0.3, 0.4) is 0 Å². The van der Waals surface area contributed by atoms with E-state index < -0.39 is 24.7 Å². The van der Waals surface area contributed by atoms with Crippen molar-refractivity contribution in [3.8, 4) is 0 Å². The van der Waals surface area contributed by atoms with Crippen LogP contribution in [-0.2, 0) is 0 Å². The summed E-state index contributed by atoms with van der Waals surface area (Å²) in [6, 6.07) is 3.91. The second-order valence-electron chi connectivity index (χ2n) is 3.45. The van der Waals surface area contributed by atoms with E-state index in [0.29, 0.717) is 10.6 Å². The third kappa shape index (κ3) is 3.66. The van der Waals surface area contributed by atoms with Gasteiger partial charge >= 0.3 is 6.18 Å². The lowest BCUT2D eigenvalue weighted by atomic mass is 10.0. The van der Waals surface area contributed by atoms with Crippen LogP contribution in [-0.4, -0.2) is 17.3 Å². The topological polar surface area (TPSA) is 46.2 Å². The van der Waals surface area contributed by atoms with Crippen LogP contribution in [0.5, 0.6) is 0 Å². The Morgan fingerprint density at radius 1 is 1.25 bits per heavy atom. The molecule has 1 aromatic carbocycles. The zero-order valence-electron chi connectivity index (χ0n) is 8.21. The molecule has 0 heterocycles. The van der Waals surface area contributed by atoms with E-state index in [1.807, 2.05) is 0 Å². The van der Waals surface area contributed by atoms with Gasteiger partial charge in [0.05, 0.1) is 6.10 Å². The molecule has 0 saturated carbocycles. The molecule has 1 aromatic rings. The van der Waals surface area contributed by atoms with Crippen molar-refractivity contribution in [3.05, 3.63) is 34.9 Å². The molecule has 0 aliphatic carbocycles. The first-order valence-electron chi connectivity index (χ1n) is 4.56. The number of alkyl halides is 3. The van der Waals surface area contributed by atoms with E-state index in [1.54, 1.807) is 0 Å². The Balaban J connectivity index is 2.65. The Labute approximate surface area is 95.8 Å². The van der Waals surface area contributed by atoms with Crippen LogP contribution < -0.4 is 5.73 Å². The number of benzene rings is 1. The van der Waals surface area contributed by atoms with Crippen molar-refractivity contribution in [1.82, 2.24) is 0 Å². The molecule has 0 aliphatic rings. The summed E-state index contributed by atoms with van der Waals surface area (Å²) in [7, 11) is 0. The number of aliphatic hydroxyl groups excluding tert-OH is 1. The van der Waals surface area contributed by atoms with Gasteiger partial charge in [0.1, 0.15) is 6.04 Å². The first-order chi connectivity index (χ1) is 7.30. The Hall–Kier alpha value is -0.780. The largest absolute Gasteiger partial charge is 0.403 e. The molecule has 6 heteroatoms. The summed E-state index contributed by atoms with van der Waals surface area (Å²) in [6.45, 7) is 0. The van der Waals surface area contributed by atoms with E-state index >= 15 is 0 Å². The highest BCUT2D eigenvalue weighted by Crippen LogP contribution is 2.27. The average Bonchev–Trinajstić information content (AvgIpc) is 2.17. The van der Waals surface area contributed by atoms with E-state index in [1.165, 1.54) is 24.3 Å². The van der Waals surface area contributed by atoms with Gasteiger partial charge in [-0.3, -0.25) is 0 Å². The predicted molar refractivity (Wildman–Crippen MR) is 55.1 cm³/mol. The summed E-state index contributed by atoms with van der Waals surface area (Å²) in [5.74, 6) is 0. The van der Waals surface area contributed by atoms with E-state index in [2.05, 4.69) is 0 Å². The summed E-state index contributed by atoms with van der Waals surface area (Å²) >= 11 is 5.61. The first-order valence-corrected chi connectivity index (χ1v) is 4.94. The Bertz CT molecular complexity index is 339. The normalized spacial score (nSPS) is 15.9. The minimum Gasteiger partial charge on any atom is -0.388 e. The van der Waals surface area contributed by atoms with E-state index in [9.17, 15) is 18.3 Å². The minimum atomic E-state index is -4.49. The van der Waals surface area contributed by atoms with Gasteiger partial charge in [-0.05, 0) is 17.7 Å². The molecular weight excluding hydrogens is 243 g/mol. The fourth-order valence-electron chi connectivity index (χ4n) is 1.20. The van der Waals surface area contributed by atoms with Crippen molar-refractivity contribution in [2.75, 3.05) is 0 Å². The molecule has 2 atom stereocenters. The van der Waals surface area contributed by atoms with Gasteiger partial charge in [0.2, 0.25) is 0 Å². The predicted octanol–water partition coefficient (Wildman–Crippen LogP) is 2.65. The summed E-state index contributed by atoms with van der Waals surface area (Å²) in [6.07, 6.45) is -6.30. The zero-order valence-corrected chi connectivity index (χ0v) is 8.96. The van der Waals surface area contributed by atoms with Crippen LogP contribution in [0.4, 0.5) is 13.2 Å². The number of rotatable bonds is 3. The van der Waals surface area contributed by atoms with Crippen molar-refractivity contribution in [2.24, 2.45) is 5.73 Å². The zero-order chi connectivity index (χ0) is 12.3. The fourth-order valence-corrected chi connectivity index (χ4v) is 1.32. The summed E-state index contributed by atoms with van der Waals surface area (Å²) in [4.78, 5) is 0. The molecule has 0 radical (unpaired) electrons. The van der Waals surface area contributed by atoms with E-state index in [0.717, 1.165) is 0 Å². The molecule has 0 aliphatic heterocycles. The van der Waals surface area contributed by atoms with Crippen LogP contribution in [0.1, 0.15) is 18.1 Å². The van der Waals surface area contributed by atoms with Gasteiger partial charge in [0, 0.05) is 11.4 Å². The lowest BCUT2D eigenvalue weighted by Gasteiger charge is -2.19. The monoisotopic (exact) mass is 253 g/mol. The van der Waals surface area contributed by atoms with Crippen LogP contribution in [0.2, 0.25) is 5.02 Å². The van der Waals surface area contributed by atoms with E-state index in [4.69, 9.17) is 17.3 Å². The minimum absolute atomic E-state index is 0.365. The Morgan fingerprint density at radius 3 is 2.19 bits per heavy atom. The molecule has 0 spiro atoms. The number of halogens is 4. The molecule has 0 bridgehead atoms. The quantitative estimate of drug-likeness (QED) is 0.870. The van der Waals surface area contributed by atoms with Crippen molar-refractivity contribution >= 4 is 11.6 Å². The molecular formula is C10H11ClF3NO. The highest BCUT2D eigenvalue weighted by Gasteiger charge is 2.37. The van der Waals surface area contributed by atoms with Crippen molar-refractivity contribution in [1.29, 1.82) is 0 Å². The van der Waals surface area contributed by atoms with Gasteiger partial charge in [-0.1, -0.05) is 23.7 Å². The van der Waals surface area contributed by atoms with E-state index in [-0.39, 0.29) is 0 Å². The molecule has 0 fully saturated rings. The lowest BCUT2D eigenvalue weighted by Crippen LogP contribution is -2.38. The van der Waals surface area contributed by atoms with Crippen molar-refractivity contribution in [2.45, 2.75) is 24.7 Å². The van der Waals surface area contributed by atoms with Gasteiger partial charge in [-0.25, -0.2) is 0 Å². The molecule has 0 aromatic heterocycles. The maximum absolute atomic E-state index is 12.1. The molecule has 1 rings (SSSR count). The summed E-state index contributed by atoms with van der Waals surface area (Å²) in [5, 5.41) is 9.98. The van der Waals surface area contributed by atoms with Crippen molar-refractivity contribution < 1.29 is 18.3 Å². The number of hydrogen-bond donors (Lipinski definition) is 2. The maximum Gasteiger partial charge on any atom is 0.403 e. The van der Waals surface area contributed by atoms with Gasteiger partial charge in [-0.2, -0.15) is 13.2 Å². The Morgan fingerprint density at radius 2 is 1.75 bits per heavy atom. The van der Waals surface area contributed by atoms with Gasteiger partial charge in [0.25, 0.3) is 0 Å². The molecule has 0 unspecified atom stereocenters. The van der Waals surface area contributed by atoms with Crippen LogP contribution in [0, 0.1) is 0 Å². The smallest absolute Gasteiger partial charge is 0.388 e. The third-order valence-corrected chi connectivity index (χ3v) is 2.40. The number of nitrogens with two attached hydrogens (primary N) is 1. The van der Waals surface area contributed by atoms with Gasteiger partial charge in [-0.15, -0.1) is 0 Å². The van der Waals surface area contributed by atoms with Crippen LogP contribution in [0.25, 0.3) is 0 Å². The summed E-state index contributed by atoms with van der Waals surface area (Å²) in [5.41, 5.74) is 5.27. The molecule has 2 nitrogen and oxygen atoms in total. The second kappa shape index (κ2) is 5.03. The van der Waals surface area contributed by atoms with Crippen LogP contribution in [0.15, 0.2) is 24.3 Å². The molecule has 3 N–H and O–H groups in total. The maximum atomic E-state index is 12.1. The highest BCUT2D eigenvalue weighted by molar-refractivity contribution is 6.30. The third-order valence-electron chi connectivity index (χ3n) is 2.15. The molecule has 90 valence electrons. The summed E-state index contributed by atoms with van der Waals surface area (Å²) < 4.78 is 36.4. The number of aliphatic hydroxyl groups is 1. The first kappa shape index (κ1) is 13.3. The molecule has 0 amide bonds. The Kier molecular flexibility index (Phi) is 4.18. The van der Waals surface area contributed by atoms with Crippen LogP contribution >= 0.6 is 11.6 Å². The molecule has 0 saturated heterocycles. The number of hydrogen-bond acceptors (Lipinski definition) is 2. The standard InChI is InChI=1S/C10H11ClF3NO/c11-7-3-1-6(2-4-7)8(16)5-9(15)10(12,13)14/h1-4,8-9,16H,5,15H2/t8-,9-/m0/s1. The fraction of sp³-hybridized carbons (Fsp3) is 0.400. The average molecular weight is 254 g/mol. The molecule has 16 heavy (non-hydrogen) atoms. The second-order valence-corrected chi connectivity index (χ2v) is 3.89. The highest BCUT2D eigenvalue weighted by atomic mass is 35.5. The lowest BCUT2D eigenvalue weighted by molar-refractivity contribution is -0.153.